The van der Waals surface area contributed by atoms with Gasteiger partial charge in [0.05, 0.1) is 5.02 Å². The molecule has 0 spiro atoms. The van der Waals surface area contributed by atoms with Gasteiger partial charge in [0.2, 0.25) is 0 Å². The van der Waals surface area contributed by atoms with E-state index >= 15 is 0 Å². The highest BCUT2D eigenvalue weighted by atomic mass is 35.5. The lowest BCUT2D eigenvalue weighted by molar-refractivity contribution is 0.438. The first kappa shape index (κ1) is 15.7. The van der Waals surface area contributed by atoms with E-state index in [1.807, 2.05) is 6.92 Å². The molecule has 5 heteroatoms. The smallest absolute Gasteiger partial charge is 0.165 e. The third kappa shape index (κ3) is 4.16. The number of rotatable bonds is 5. The van der Waals surface area contributed by atoms with E-state index in [9.17, 15) is 8.78 Å². The highest BCUT2D eigenvalue weighted by Crippen LogP contribution is 2.28. The van der Waals surface area contributed by atoms with Crippen LogP contribution in [-0.4, -0.2) is 6.04 Å². The van der Waals surface area contributed by atoms with Gasteiger partial charge in [-0.15, -0.1) is 0 Å². The highest BCUT2D eigenvalue weighted by molar-refractivity contribution is 6.30. The summed E-state index contributed by atoms with van der Waals surface area (Å²) in [6, 6.07) is 8.60. The van der Waals surface area contributed by atoms with Crippen LogP contribution >= 0.6 is 11.6 Å². The molecule has 1 unspecified atom stereocenters. The van der Waals surface area contributed by atoms with E-state index in [1.165, 1.54) is 24.3 Å². The second-order valence-electron chi connectivity index (χ2n) is 4.82. The molecule has 0 saturated heterocycles. The van der Waals surface area contributed by atoms with Crippen molar-refractivity contribution in [2.45, 2.75) is 25.8 Å². The zero-order valence-corrected chi connectivity index (χ0v) is 12.3. The number of hydrogen-bond donors (Lipinski definition) is 1. The molecule has 2 nitrogen and oxygen atoms in total. The third-order valence-electron chi connectivity index (χ3n) is 3.14. The standard InChI is InChI=1S/C16H16ClF2NO/c1-2-11(20)7-10-3-6-16(15(19)8-10)21-12-4-5-13(17)14(18)9-12/h3-6,8-9,11H,2,7,20H2,1H3. The zero-order chi connectivity index (χ0) is 15.4. The van der Waals surface area contributed by atoms with Gasteiger partial charge in [-0.2, -0.15) is 0 Å². The van der Waals surface area contributed by atoms with E-state index in [2.05, 4.69) is 0 Å². The molecule has 1 atom stereocenters. The average molecular weight is 312 g/mol. The second-order valence-corrected chi connectivity index (χ2v) is 5.22. The Morgan fingerprint density at radius 1 is 1.14 bits per heavy atom. The van der Waals surface area contributed by atoms with Gasteiger partial charge in [-0.25, -0.2) is 8.78 Å². The molecule has 0 aromatic heterocycles. The van der Waals surface area contributed by atoms with Crippen molar-refractivity contribution < 1.29 is 13.5 Å². The first-order valence-corrected chi connectivity index (χ1v) is 7.04. The summed E-state index contributed by atoms with van der Waals surface area (Å²) in [5.41, 5.74) is 6.64. The maximum atomic E-state index is 14.0. The molecule has 0 amide bonds. The Bertz CT molecular complexity index is 634. The third-order valence-corrected chi connectivity index (χ3v) is 3.44. The van der Waals surface area contributed by atoms with Gasteiger partial charge < -0.3 is 10.5 Å². The minimum atomic E-state index is -0.611. The molecule has 0 aliphatic rings. The molecule has 0 aliphatic heterocycles. The van der Waals surface area contributed by atoms with Crippen molar-refractivity contribution in [2.24, 2.45) is 5.73 Å². The van der Waals surface area contributed by atoms with Crippen LogP contribution in [-0.2, 0) is 6.42 Å². The molecule has 2 aromatic carbocycles. The molecule has 2 N–H and O–H groups in total. The van der Waals surface area contributed by atoms with Gasteiger partial charge in [0, 0.05) is 12.1 Å². The topological polar surface area (TPSA) is 35.2 Å². The SMILES string of the molecule is CCC(N)Cc1ccc(Oc2ccc(Cl)c(F)c2)c(F)c1. The molecule has 21 heavy (non-hydrogen) atoms. The second kappa shape index (κ2) is 6.87. The fourth-order valence-electron chi connectivity index (χ4n) is 1.87. The van der Waals surface area contributed by atoms with Gasteiger partial charge in [0.1, 0.15) is 11.6 Å². The average Bonchev–Trinajstić information content (AvgIpc) is 2.45. The molecule has 0 saturated carbocycles. The summed E-state index contributed by atoms with van der Waals surface area (Å²) in [5, 5.41) is -0.00766. The minimum Gasteiger partial charge on any atom is -0.454 e. The lowest BCUT2D eigenvalue weighted by Gasteiger charge is -2.11. The Morgan fingerprint density at radius 3 is 2.52 bits per heavy atom. The Kier molecular flexibility index (Phi) is 5.15. The molecule has 0 radical (unpaired) electrons. The largest absolute Gasteiger partial charge is 0.454 e. The molecular weight excluding hydrogens is 296 g/mol. The number of hydrogen-bond acceptors (Lipinski definition) is 2. The van der Waals surface area contributed by atoms with Crippen molar-refractivity contribution in [3.63, 3.8) is 0 Å². The lowest BCUT2D eigenvalue weighted by Crippen LogP contribution is -2.21. The van der Waals surface area contributed by atoms with Crippen LogP contribution in [0.25, 0.3) is 0 Å². The first-order chi connectivity index (χ1) is 9.99. The summed E-state index contributed by atoms with van der Waals surface area (Å²) < 4.78 is 32.6. The van der Waals surface area contributed by atoms with Gasteiger partial charge in [-0.3, -0.25) is 0 Å². The van der Waals surface area contributed by atoms with Crippen molar-refractivity contribution in [3.05, 3.63) is 58.6 Å². The molecule has 0 aliphatic carbocycles. The summed E-state index contributed by atoms with van der Waals surface area (Å²) in [6.07, 6.45) is 1.42. The van der Waals surface area contributed by atoms with Crippen molar-refractivity contribution in [3.8, 4) is 11.5 Å². The molecular formula is C16H16ClF2NO. The molecule has 0 fully saturated rings. The van der Waals surface area contributed by atoms with Crippen molar-refractivity contribution in [1.82, 2.24) is 0 Å². The number of halogens is 3. The Labute approximate surface area is 127 Å². The van der Waals surface area contributed by atoms with Crippen molar-refractivity contribution in [1.29, 1.82) is 0 Å². The highest BCUT2D eigenvalue weighted by Gasteiger charge is 2.09. The lowest BCUT2D eigenvalue weighted by atomic mass is 10.0. The van der Waals surface area contributed by atoms with Gasteiger partial charge in [0.25, 0.3) is 0 Å². The van der Waals surface area contributed by atoms with Gasteiger partial charge in [-0.1, -0.05) is 24.6 Å². The Morgan fingerprint density at radius 2 is 1.90 bits per heavy atom. The van der Waals surface area contributed by atoms with Crippen LogP contribution in [0, 0.1) is 11.6 Å². The van der Waals surface area contributed by atoms with Crippen molar-refractivity contribution >= 4 is 11.6 Å². The minimum absolute atomic E-state index is 0.00142. The first-order valence-electron chi connectivity index (χ1n) is 6.66. The maximum absolute atomic E-state index is 14.0. The summed E-state index contributed by atoms with van der Waals surface area (Å²) in [5.74, 6) is -0.898. The normalized spacial score (nSPS) is 12.2. The molecule has 0 heterocycles. The van der Waals surface area contributed by atoms with Crippen LogP contribution < -0.4 is 10.5 Å². The van der Waals surface area contributed by atoms with Crippen LogP contribution in [0.3, 0.4) is 0 Å². The van der Waals surface area contributed by atoms with E-state index < -0.39 is 11.6 Å². The summed E-state index contributed by atoms with van der Waals surface area (Å²) in [6.45, 7) is 1.98. The van der Waals surface area contributed by atoms with E-state index in [0.29, 0.717) is 6.42 Å². The van der Waals surface area contributed by atoms with E-state index in [1.54, 1.807) is 6.07 Å². The summed E-state index contributed by atoms with van der Waals surface area (Å²) in [4.78, 5) is 0. The van der Waals surface area contributed by atoms with Crippen LogP contribution in [0.5, 0.6) is 11.5 Å². The maximum Gasteiger partial charge on any atom is 0.165 e. The van der Waals surface area contributed by atoms with Crippen LogP contribution in [0.2, 0.25) is 5.02 Å². The number of ether oxygens (including phenoxy) is 1. The van der Waals surface area contributed by atoms with E-state index in [4.69, 9.17) is 22.1 Å². The summed E-state index contributed by atoms with van der Waals surface area (Å²) in [7, 11) is 0. The van der Waals surface area contributed by atoms with Crippen LogP contribution in [0.15, 0.2) is 36.4 Å². The quantitative estimate of drug-likeness (QED) is 0.869. The molecule has 2 aromatic rings. The predicted molar refractivity (Wildman–Crippen MR) is 79.9 cm³/mol. The van der Waals surface area contributed by atoms with Crippen LogP contribution in [0.1, 0.15) is 18.9 Å². The van der Waals surface area contributed by atoms with Crippen LogP contribution in [0.4, 0.5) is 8.78 Å². The van der Waals surface area contributed by atoms with Crippen molar-refractivity contribution in [2.75, 3.05) is 0 Å². The number of benzene rings is 2. The molecule has 0 bridgehead atoms. The molecule has 2 rings (SSSR count). The zero-order valence-electron chi connectivity index (χ0n) is 11.6. The summed E-state index contributed by atoms with van der Waals surface area (Å²) >= 11 is 5.58. The Hall–Kier alpha value is -1.65. The predicted octanol–water partition coefficient (Wildman–Crippen LogP) is 4.69. The monoisotopic (exact) mass is 311 g/mol. The van der Waals surface area contributed by atoms with E-state index in [-0.39, 0.29) is 22.6 Å². The Balaban J connectivity index is 2.15. The van der Waals surface area contributed by atoms with Gasteiger partial charge in [0.15, 0.2) is 11.6 Å². The van der Waals surface area contributed by atoms with Gasteiger partial charge in [-0.05, 0) is 42.7 Å². The fraction of sp³-hybridized carbons (Fsp3) is 0.250. The fourth-order valence-corrected chi connectivity index (χ4v) is 1.99. The molecule has 112 valence electrons. The van der Waals surface area contributed by atoms with Gasteiger partial charge >= 0.3 is 0 Å². The number of nitrogens with two attached hydrogens (primary N) is 1. The van der Waals surface area contributed by atoms with E-state index in [0.717, 1.165) is 18.1 Å².